The number of hydrogen-bond donors (Lipinski definition) is 3. The zero-order chi connectivity index (χ0) is 29.9. The highest BCUT2D eigenvalue weighted by Gasteiger charge is 2.27. The monoisotopic (exact) mass is 569 g/mol. The lowest BCUT2D eigenvalue weighted by Crippen LogP contribution is -2.08. The van der Waals surface area contributed by atoms with Crippen LogP contribution in [0.1, 0.15) is 59.3 Å². The molecule has 0 saturated heterocycles. The summed E-state index contributed by atoms with van der Waals surface area (Å²) < 4.78 is 3.39. The largest absolute Gasteiger partial charge is 0.481 e. The Labute approximate surface area is 235 Å². The van der Waals surface area contributed by atoms with Gasteiger partial charge in [-0.05, 0) is 38.3 Å². The molecule has 0 aliphatic rings. The molecule has 4 N–H and O–H groups in total. The number of nitrogens with two attached hydrogens (primary N) is 1. The summed E-state index contributed by atoms with van der Waals surface area (Å²) >= 11 is 6.60. The molecule has 12 heteroatoms. The molecule has 0 saturated carbocycles. The second kappa shape index (κ2) is 12.3. The van der Waals surface area contributed by atoms with Crippen LogP contribution in [0.2, 0.25) is 5.02 Å². The van der Waals surface area contributed by atoms with Gasteiger partial charge in [0.05, 0.1) is 21.2 Å². The standard InChI is InChI=1S/C20H22ClN3O4.C8H10N2O2/c1-5-14-16(10(2)24(4)22-14)17-13(21)8-6-11-12(7-9-15(25)26)19(20(27)28)23(3)18(11)17;1-6(9)7-4-2-3-5-8(7)10(11)12/h6,8H,5,7,9H2,1-4H3,(H,25,26)(H,27,28);2-6H,9H2,1H3/t;6-/m.1/s1. The lowest BCUT2D eigenvalue weighted by Gasteiger charge is -2.11. The fraction of sp³-hybridized carbons (Fsp3) is 0.321. The van der Waals surface area contributed by atoms with Crippen LogP contribution in [0.15, 0.2) is 36.4 Å². The van der Waals surface area contributed by atoms with E-state index in [1.165, 1.54) is 6.07 Å². The smallest absolute Gasteiger partial charge is 0.352 e. The molecular formula is C28H32ClN5O6. The van der Waals surface area contributed by atoms with E-state index in [1.807, 2.05) is 20.9 Å². The number of aliphatic carboxylic acids is 1. The Bertz CT molecular complexity index is 1600. The van der Waals surface area contributed by atoms with Gasteiger partial charge in [0.2, 0.25) is 0 Å². The van der Waals surface area contributed by atoms with Crippen LogP contribution < -0.4 is 5.73 Å². The third-order valence-electron chi connectivity index (χ3n) is 6.82. The molecule has 0 aliphatic carbocycles. The van der Waals surface area contributed by atoms with Crippen molar-refractivity contribution in [3.05, 3.63) is 79.7 Å². The highest BCUT2D eigenvalue weighted by Crippen LogP contribution is 2.41. The molecule has 212 valence electrons. The summed E-state index contributed by atoms with van der Waals surface area (Å²) in [6.45, 7) is 5.68. The van der Waals surface area contributed by atoms with E-state index in [9.17, 15) is 24.8 Å². The Morgan fingerprint density at radius 3 is 2.33 bits per heavy atom. The first-order chi connectivity index (χ1) is 18.8. The van der Waals surface area contributed by atoms with Crippen molar-refractivity contribution in [2.45, 2.75) is 46.1 Å². The van der Waals surface area contributed by atoms with Crippen molar-refractivity contribution < 1.29 is 24.7 Å². The molecule has 4 aromatic rings. The van der Waals surface area contributed by atoms with Gasteiger partial charge in [-0.25, -0.2) is 4.79 Å². The van der Waals surface area contributed by atoms with Gasteiger partial charge in [0.25, 0.3) is 5.69 Å². The SMILES string of the molecule is CCc1nn(C)c(C)c1-c1c(Cl)ccc2c(CCC(=O)O)c(C(=O)O)n(C)c12.C[C@@H](N)c1ccccc1[N+](=O)[O-]. The predicted molar refractivity (Wildman–Crippen MR) is 153 cm³/mol. The number of hydrogen-bond acceptors (Lipinski definition) is 6. The Morgan fingerprint density at radius 2 is 1.80 bits per heavy atom. The van der Waals surface area contributed by atoms with E-state index in [0.29, 0.717) is 33.5 Å². The number of nitro groups is 1. The number of aromatic nitrogens is 3. The van der Waals surface area contributed by atoms with E-state index in [0.717, 1.165) is 22.5 Å². The molecule has 0 unspecified atom stereocenters. The maximum atomic E-state index is 12.0. The van der Waals surface area contributed by atoms with E-state index in [4.69, 9.17) is 22.4 Å². The molecule has 0 amide bonds. The number of aromatic carboxylic acids is 1. The number of fused-ring (bicyclic) bond motifs is 1. The zero-order valence-corrected chi connectivity index (χ0v) is 23.7. The van der Waals surface area contributed by atoms with Crippen molar-refractivity contribution in [2.24, 2.45) is 19.8 Å². The molecule has 0 aliphatic heterocycles. The van der Waals surface area contributed by atoms with Crippen LogP contribution in [0, 0.1) is 17.0 Å². The summed E-state index contributed by atoms with van der Waals surface area (Å²) in [6, 6.07) is 9.70. The van der Waals surface area contributed by atoms with Gasteiger partial charge < -0.3 is 20.5 Å². The Kier molecular flexibility index (Phi) is 9.33. The summed E-state index contributed by atoms with van der Waals surface area (Å²) in [7, 11) is 3.53. The van der Waals surface area contributed by atoms with Crippen LogP contribution >= 0.6 is 11.6 Å². The summed E-state index contributed by atoms with van der Waals surface area (Å²) in [5.74, 6) is -2.07. The fourth-order valence-corrected chi connectivity index (χ4v) is 5.13. The number of rotatable bonds is 8. The first kappa shape index (κ1) is 30.3. The predicted octanol–water partition coefficient (Wildman–Crippen LogP) is 5.43. The topological polar surface area (TPSA) is 167 Å². The number of carbonyl (C=O) groups is 2. The quantitative estimate of drug-likeness (QED) is 0.186. The van der Waals surface area contributed by atoms with Crippen molar-refractivity contribution >= 4 is 40.1 Å². The normalized spacial score (nSPS) is 11.7. The number of halogens is 1. The van der Waals surface area contributed by atoms with Crippen molar-refractivity contribution in [3.63, 3.8) is 0 Å². The molecule has 4 rings (SSSR count). The van der Waals surface area contributed by atoms with Crippen molar-refractivity contribution in [3.8, 4) is 11.1 Å². The summed E-state index contributed by atoms with van der Waals surface area (Å²) in [5, 5.41) is 35.1. The minimum absolute atomic E-state index is 0.0827. The summed E-state index contributed by atoms with van der Waals surface area (Å²) in [5.41, 5.74) is 10.9. The van der Waals surface area contributed by atoms with Crippen LogP contribution in [0.4, 0.5) is 5.69 Å². The van der Waals surface area contributed by atoms with Crippen LogP contribution in [0.5, 0.6) is 0 Å². The van der Waals surface area contributed by atoms with Crippen LogP contribution in [-0.4, -0.2) is 41.4 Å². The number of nitro benzene ring substituents is 1. The van der Waals surface area contributed by atoms with Gasteiger partial charge in [-0.3, -0.25) is 19.6 Å². The van der Waals surface area contributed by atoms with E-state index in [2.05, 4.69) is 5.10 Å². The number of carboxylic acids is 2. The third-order valence-corrected chi connectivity index (χ3v) is 7.13. The van der Waals surface area contributed by atoms with Crippen LogP contribution in [0.25, 0.3) is 22.0 Å². The Balaban J connectivity index is 0.000000307. The van der Waals surface area contributed by atoms with Crippen LogP contribution in [-0.2, 0) is 31.7 Å². The molecule has 2 heterocycles. The van der Waals surface area contributed by atoms with E-state index in [-0.39, 0.29) is 30.3 Å². The zero-order valence-electron chi connectivity index (χ0n) is 22.9. The minimum Gasteiger partial charge on any atom is -0.481 e. The van der Waals surface area contributed by atoms with Gasteiger partial charge in [-0.1, -0.05) is 42.8 Å². The second-order valence-electron chi connectivity index (χ2n) is 9.39. The van der Waals surface area contributed by atoms with E-state index >= 15 is 0 Å². The molecule has 2 aromatic carbocycles. The van der Waals surface area contributed by atoms with Crippen molar-refractivity contribution in [1.29, 1.82) is 0 Å². The van der Waals surface area contributed by atoms with Gasteiger partial charge in [0.1, 0.15) is 5.69 Å². The van der Waals surface area contributed by atoms with Crippen molar-refractivity contribution in [2.75, 3.05) is 0 Å². The average molecular weight is 570 g/mol. The molecule has 2 aromatic heterocycles. The van der Waals surface area contributed by atoms with E-state index in [1.54, 1.807) is 53.6 Å². The van der Waals surface area contributed by atoms with Gasteiger partial charge >= 0.3 is 11.9 Å². The van der Waals surface area contributed by atoms with E-state index < -0.39 is 16.9 Å². The number of para-hydroxylation sites is 1. The Morgan fingerprint density at radius 1 is 1.15 bits per heavy atom. The second-order valence-corrected chi connectivity index (χ2v) is 9.80. The highest BCUT2D eigenvalue weighted by molar-refractivity contribution is 6.35. The molecule has 0 fully saturated rings. The van der Waals surface area contributed by atoms with Crippen molar-refractivity contribution in [1.82, 2.24) is 14.3 Å². The summed E-state index contributed by atoms with van der Waals surface area (Å²) in [6.07, 6.45) is 0.678. The molecule has 11 nitrogen and oxygen atoms in total. The molecule has 0 bridgehead atoms. The number of benzene rings is 2. The third kappa shape index (κ3) is 5.85. The maximum absolute atomic E-state index is 12.0. The maximum Gasteiger partial charge on any atom is 0.352 e. The average Bonchev–Trinajstić information content (AvgIpc) is 3.35. The van der Waals surface area contributed by atoms with Gasteiger partial charge in [-0.15, -0.1) is 0 Å². The van der Waals surface area contributed by atoms with Gasteiger partial charge in [-0.2, -0.15) is 5.10 Å². The molecule has 1 atom stereocenters. The Hall–Kier alpha value is -4.22. The number of aryl methyl sites for hydroxylation is 4. The first-order valence-corrected chi connectivity index (χ1v) is 13.0. The lowest BCUT2D eigenvalue weighted by molar-refractivity contribution is -0.385. The van der Waals surface area contributed by atoms with Crippen LogP contribution in [0.3, 0.4) is 0 Å². The highest BCUT2D eigenvalue weighted by atomic mass is 35.5. The first-order valence-electron chi connectivity index (χ1n) is 12.6. The molecule has 0 spiro atoms. The molecular weight excluding hydrogens is 538 g/mol. The van der Waals surface area contributed by atoms with Gasteiger partial charge in [0, 0.05) is 60.4 Å². The number of carboxylic acid groups (broad SMARTS) is 2. The van der Waals surface area contributed by atoms with Gasteiger partial charge in [0.15, 0.2) is 0 Å². The molecule has 0 radical (unpaired) electrons. The number of nitrogens with zero attached hydrogens (tertiary/aromatic N) is 4. The summed E-state index contributed by atoms with van der Waals surface area (Å²) in [4.78, 5) is 33.1. The minimum atomic E-state index is -1.10. The fourth-order valence-electron chi connectivity index (χ4n) is 4.88. The molecule has 40 heavy (non-hydrogen) atoms. The lowest BCUT2D eigenvalue weighted by atomic mass is 9.97.